The summed E-state index contributed by atoms with van der Waals surface area (Å²) in [7, 11) is 1.48. The van der Waals surface area contributed by atoms with Crippen molar-refractivity contribution in [3.05, 3.63) is 18.3 Å². The number of ether oxygens (including phenoxy) is 3. The molecule has 9 nitrogen and oxygen atoms in total. The molecule has 0 radical (unpaired) electrons. The zero-order chi connectivity index (χ0) is 19.0. The molecule has 1 heterocycles. The summed E-state index contributed by atoms with van der Waals surface area (Å²) in [4.78, 5) is 40.1. The molecule has 138 valence electrons. The Morgan fingerprint density at radius 3 is 2.40 bits per heavy atom. The molecular formula is C16H23N3O6. The average molecular weight is 353 g/mol. The molecule has 0 saturated heterocycles. The maximum atomic E-state index is 12.3. The number of pyridine rings is 1. The van der Waals surface area contributed by atoms with Crippen LogP contribution in [0.25, 0.3) is 0 Å². The van der Waals surface area contributed by atoms with Gasteiger partial charge in [0.1, 0.15) is 17.2 Å². The van der Waals surface area contributed by atoms with Gasteiger partial charge in [0.15, 0.2) is 0 Å². The Morgan fingerprint density at radius 2 is 1.92 bits per heavy atom. The molecule has 0 aliphatic rings. The number of nitrogens with zero attached hydrogens (tertiary/aromatic N) is 1. The van der Waals surface area contributed by atoms with E-state index in [9.17, 15) is 14.4 Å². The Kier molecular flexibility index (Phi) is 7.16. The highest BCUT2D eigenvalue weighted by Gasteiger charge is 2.32. The number of hydrogen-bond donors (Lipinski definition) is 2. The zero-order valence-electron chi connectivity index (χ0n) is 14.9. The molecule has 0 aliphatic carbocycles. The predicted octanol–water partition coefficient (Wildman–Crippen LogP) is 1.49. The van der Waals surface area contributed by atoms with E-state index in [2.05, 4.69) is 15.6 Å². The largest absolute Gasteiger partial charge is 0.495 e. The number of methoxy groups -OCH3 is 1. The van der Waals surface area contributed by atoms with Crippen LogP contribution in [0, 0.1) is 0 Å². The SMILES string of the molecule is CCOC(=O)C(NC(=O)OC(C)(C)C)C(=O)Nc1ccc(OC)cn1. The standard InChI is InChI=1S/C16H23N3O6/c1-6-24-14(21)12(19-15(22)25-16(2,3)4)13(20)18-11-8-7-10(23-5)9-17-11/h7-9,12H,6H2,1-5H3,(H,19,22)(H,17,18,20). The van der Waals surface area contributed by atoms with Crippen LogP contribution in [0.3, 0.4) is 0 Å². The number of carbonyl (C=O) groups excluding carboxylic acids is 3. The van der Waals surface area contributed by atoms with E-state index in [1.807, 2.05) is 0 Å². The molecule has 25 heavy (non-hydrogen) atoms. The number of hydrogen-bond acceptors (Lipinski definition) is 7. The van der Waals surface area contributed by atoms with Gasteiger partial charge in [-0.1, -0.05) is 0 Å². The number of rotatable bonds is 6. The molecule has 1 atom stereocenters. The molecule has 1 rings (SSSR count). The van der Waals surface area contributed by atoms with Gasteiger partial charge in [-0.3, -0.25) is 10.1 Å². The van der Waals surface area contributed by atoms with Gasteiger partial charge in [-0.25, -0.2) is 14.6 Å². The minimum absolute atomic E-state index is 0.0550. The highest BCUT2D eigenvalue weighted by atomic mass is 16.6. The van der Waals surface area contributed by atoms with Crippen molar-refractivity contribution in [1.29, 1.82) is 0 Å². The third kappa shape index (κ3) is 7.06. The van der Waals surface area contributed by atoms with Crippen LogP contribution in [0.4, 0.5) is 10.6 Å². The van der Waals surface area contributed by atoms with Crippen molar-refractivity contribution in [3.8, 4) is 5.75 Å². The first-order chi connectivity index (χ1) is 11.7. The van der Waals surface area contributed by atoms with Gasteiger partial charge in [0.05, 0.1) is 19.9 Å². The zero-order valence-corrected chi connectivity index (χ0v) is 14.9. The topological polar surface area (TPSA) is 116 Å². The minimum atomic E-state index is -1.57. The molecule has 0 saturated carbocycles. The summed E-state index contributed by atoms with van der Waals surface area (Å²) < 4.78 is 14.8. The van der Waals surface area contributed by atoms with Crippen molar-refractivity contribution in [2.24, 2.45) is 0 Å². The predicted molar refractivity (Wildman–Crippen MR) is 89.2 cm³/mol. The van der Waals surface area contributed by atoms with Crippen molar-refractivity contribution >= 4 is 23.8 Å². The van der Waals surface area contributed by atoms with E-state index in [1.165, 1.54) is 19.4 Å². The van der Waals surface area contributed by atoms with Gasteiger partial charge in [0.25, 0.3) is 5.91 Å². The first-order valence-corrected chi connectivity index (χ1v) is 7.63. The van der Waals surface area contributed by atoms with E-state index < -0.39 is 29.6 Å². The van der Waals surface area contributed by atoms with E-state index in [0.717, 1.165) is 0 Å². The van der Waals surface area contributed by atoms with Gasteiger partial charge in [0, 0.05) is 0 Å². The van der Waals surface area contributed by atoms with Crippen molar-refractivity contribution in [3.63, 3.8) is 0 Å². The number of nitrogens with one attached hydrogen (secondary N) is 2. The average Bonchev–Trinajstić information content (AvgIpc) is 2.51. The highest BCUT2D eigenvalue weighted by molar-refractivity contribution is 6.09. The van der Waals surface area contributed by atoms with E-state index >= 15 is 0 Å². The second kappa shape index (κ2) is 8.86. The van der Waals surface area contributed by atoms with Crippen LogP contribution in [-0.4, -0.2) is 48.3 Å². The van der Waals surface area contributed by atoms with Gasteiger partial charge in [0.2, 0.25) is 6.04 Å². The smallest absolute Gasteiger partial charge is 0.408 e. The number of amides is 2. The fraction of sp³-hybridized carbons (Fsp3) is 0.500. The third-order valence-corrected chi connectivity index (χ3v) is 2.67. The first kappa shape index (κ1) is 20.2. The van der Waals surface area contributed by atoms with Crippen LogP contribution < -0.4 is 15.4 Å². The fourth-order valence-corrected chi connectivity index (χ4v) is 1.66. The number of carbonyl (C=O) groups is 3. The molecule has 9 heteroatoms. The fourth-order valence-electron chi connectivity index (χ4n) is 1.66. The lowest BCUT2D eigenvalue weighted by Crippen LogP contribution is -2.51. The van der Waals surface area contributed by atoms with E-state index in [0.29, 0.717) is 5.75 Å². The quantitative estimate of drug-likeness (QED) is 0.588. The minimum Gasteiger partial charge on any atom is -0.495 e. The molecular weight excluding hydrogens is 330 g/mol. The summed E-state index contributed by atoms with van der Waals surface area (Å²) in [6.07, 6.45) is 0.486. The monoisotopic (exact) mass is 353 g/mol. The molecule has 0 aliphatic heterocycles. The lowest BCUT2D eigenvalue weighted by Gasteiger charge is -2.22. The molecule has 1 unspecified atom stereocenters. The van der Waals surface area contributed by atoms with Crippen molar-refractivity contribution < 1.29 is 28.6 Å². The van der Waals surface area contributed by atoms with Crippen LogP contribution >= 0.6 is 0 Å². The number of esters is 1. The second-order valence-corrected chi connectivity index (χ2v) is 5.90. The van der Waals surface area contributed by atoms with Gasteiger partial charge in [-0.2, -0.15) is 0 Å². The van der Waals surface area contributed by atoms with Gasteiger partial charge >= 0.3 is 12.1 Å². The summed E-state index contributed by atoms with van der Waals surface area (Å²) in [5.74, 6) is -1.01. The maximum absolute atomic E-state index is 12.3. The molecule has 0 aromatic carbocycles. The molecule has 0 spiro atoms. The third-order valence-electron chi connectivity index (χ3n) is 2.67. The Labute approximate surface area is 146 Å². The molecule has 2 N–H and O–H groups in total. The summed E-state index contributed by atoms with van der Waals surface area (Å²) in [5, 5.41) is 4.62. The van der Waals surface area contributed by atoms with Gasteiger partial charge in [-0.05, 0) is 39.8 Å². The molecule has 0 bridgehead atoms. The van der Waals surface area contributed by atoms with E-state index in [1.54, 1.807) is 33.8 Å². The molecule has 0 fully saturated rings. The first-order valence-electron chi connectivity index (χ1n) is 7.63. The summed E-state index contributed by atoms with van der Waals surface area (Å²) in [6.45, 7) is 6.62. The van der Waals surface area contributed by atoms with Crippen LogP contribution in [0.2, 0.25) is 0 Å². The molecule has 1 aromatic rings. The van der Waals surface area contributed by atoms with Crippen molar-refractivity contribution in [2.75, 3.05) is 19.0 Å². The van der Waals surface area contributed by atoms with Crippen molar-refractivity contribution in [1.82, 2.24) is 10.3 Å². The lowest BCUT2D eigenvalue weighted by molar-refractivity contribution is -0.148. The number of anilines is 1. The van der Waals surface area contributed by atoms with Gasteiger partial charge < -0.3 is 19.5 Å². The summed E-state index contributed by atoms with van der Waals surface area (Å²) in [6, 6.07) is 1.51. The Bertz CT molecular complexity index is 609. The number of aromatic nitrogens is 1. The normalized spacial score (nSPS) is 11.9. The van der Waals surface area contributed by atoms with Gasteiger partial charge in [-0.15, -0.1) is 0 Å². The molecule has 2 amide bonds. The van der Waals surface area contributed by atoms with Crippen LogP contribution in [0.1, 0.15) is 27.7 Å². The number of alkyl carbamates (subject to hydrolysis) is 1. The Morgan fingerprint density at radius 1 is 1.24 bits per heavy atom. The lowest BCUT2D eigenvalue weighted by atomic mass is 10.2. The second-order valence-electron chi connectivity index (χ2n) is 5.90. The Balaban J connectivity index is 2.84. The summed E-state index contributed by atoms with van der Waals surface area (Å²) in [5.41, 5.74) is -0.780. The van der Waals surface area contributed by atoms with E-state index in [-0.39, 0.29) is 12.4 Å². The Hall–Kier alpha value is -2.84. The molecule has 1 aromatic heterocycles. The van der Waals surface area contributed by atoms with Crippen LogP contribution in [-0.2, 0) is 19.1 Å². The highest BCUT2D eigenvalue weighted by Crippen LogP contribution is 2.12. The van der Waals surface area contributed by atoms with Crippen molar-refractivity contribution in [2.45, 2.75) is 39.3 Å². The van der Waals surface area contributed by atoms with Crippen LogP contribution in [0.5, 0.6) is 5.75 Å². The van der Waals surface area contributed by atoms with E-state index in [4.69, 9.17) is 14.2 Å². The van der Waals surface area contributed by atoms with Crippen LogP contribution in [0.15, 0.2) is 18.3 Å². The maximum Gasteiger partial charge on any atom is 0.408 e. The summed E-state index contributed by atoms with van der Waals surface area (Å²) >= 11 is 0.